The maximum Gasteiger partial charge on any atom is 0.272 e. The Balaban J connectivity index is 1.97. The van der Waals surface area contributed by atoms with Crippen LogP contribution in [0.4, 0.5) is 5.69 Å². The van der Waals surface area contributed by atoms with Gasteiger partial charge >= 0.3 is 0 Å². The highest BCUT2D eigenvalue weighted by molar-refractivity contribution is 5.92. The number of nitrogens with one attached hydrogen (secondary N) is 1. The Morgan fingerprint density at radius 3 is 2.76 bits per heavy atom. The second-order valence-electron chi connectivity index (χ2n) is 4.84. The lowest BCUT2D eigenvalue weighted by atomic mass is 10.2. The van der Waals surface area contributed by atoms with E-state index in [2.05, 4.69) is 17.2 Å². The molecule has 1 fully saturated rings. The Bertz CT molecular complexity index is 402. The standard InChI is InChI=1S/C13H19N3O/c1-9-6-10(9)8-16(3)13(17)12-5-4-11(14-2)7-15-12/h4-5,7,9-10,14H,6,8H2,1-3H3. The molecule has 2 unspecified atom stereocenters. The molecule has 0 saturated heterocycles. The number of nitrogens with zero attached hydrogens (tertiary/aromatic N) is 2. The van der Waals surface area contributed by atoms with E-state index >= 15 is 0 Å². The summed E-state index contributed by atoms with van der Waals surface area (Å²) in [4.78, 5) is 18.0. The van der Waals surface area contributed by atoms with Gasteiger partial charge in [0.1, 0.15) is 5.69 Å². The maximum atomic E-state index is 12.1. The number of rotatable bonds is 4. The van der Waals surface area contributed by atoms with Crippen molar-refractivity contribution in [2.24, 2.45) is 11.8 Å². The molecular formula is C13H19N3O. The third-order valence-corrected chi connectivity index (χ3v) is 3.40. The Kier molecular flexibility index (Phi) is 3.31. The van der Waals surface area contributed by atoms with Gasteiger partial charge in [-0.2, -0.15) is 0 Å². The quantitative estimate of drug-likeness (QED) is 0.863. The Morgan fingerprint density at radius 2 is 2.29 bits per heavy atom. The van der Waals surface area contributed by atoms with E-state index in [1.165, 1.54) is 6.42 Å². The van der Waals surface area contributed by atoms with Gasteiger partial charge in [0, 0.05) is 20.6 Å². The molecule has 1 aromatic heterocycles. The summed E-state index contributed by atoms with van der Waals surface area (Å²) in [5.74, 6) is 1.46. The average molecular weight is 233 g/mol. The predicted molar refractivity (Wildman–Crippen MR) is 68.0 cm³/mol. The van der Waals surface area contributed by atoms with Crippen LogP contribution in [0, 0.1) is 11.8 Å². The number of pyridine rings is 1. The number of hydrogen-bond donors (Lipinski definition) is 1. The third kappa shape index (κ3) is 2.75. The summed E-state index contributed by atoms with van der Waals surface area (Å²) in [7, 11) is 3.68. The zero-order valence-electron chi connectivity index (χ0n) is 10.6. The topological polar surface area (TPSA) is 45.2 Å². The molecule has 0 aliphatic heterocycles. The Labute approximate surface area is 102 Å². The van der Waals surface area contributed by atoms with Gasteiger partial charge in [-0.25, -0.2) is 4.98 Å². The van der Waals surface area contributed by atoms with Crippen molar-refractivity contribution in [2.45, 2.75) is 13.3 Å². The van der Waals surface area contributed by atoms with Crippen molar-refractivity contribution in [2.75, 3.05) is 26.0 Å². The summed E-state index contributed by atoms with van der Waals surface area (Å²) >= 11 is 0. The molecule has 1 aliphatic rings. The van der Waals surface area contributed by atoms with Crippen molar-refractivity contribution in [3.63, 3.8) is 0 Å². The summed E-state index contributed by atoms with van der Waals surface area (Å²) < 4.78 is 0. The fourth-order valence-corrected chi connectivity index (χ4v) is 1.95. The van der Waals surface area contributed by atoms with Crippen LogP contribution in [-0.2, 0) is 0 Å². The SMILES string of the molecule is CNc1ccc(C(=O)N(C)CC2CC2C)nc1. The van der Waals surface area contributed by atoms with Gasteiger partial charge in [-0.05, 0) is 30.4 Å². The van der Waals surface area contributed by atoms with Crippen LogP contribution in [0.1, 0.15) is 23.8 Å². The molecule has 4 nitrogen and oxygen atoms in total. The van der Waals surface area contributed by atoms with Gasteiger partial charge in [0.05, 0.1) is 11.9 Å². The molecule has 1 heterocycles. The molecule has 1 amide bonds. The Hall–Kier alpha value is -1.58. The highest BCUT2D eigenvalue weighted by atomic mass is 16.2. The summed E-state index contributed by atoms with van der Waals surface area (Å²) in [6, 6.07) is 3.63. The van der Waals surface area contributed by atoms with Crippen molar-refractivity contribution >= 4 is 11.6 Å². The van der Waals surface area contributed by atoms with E-state index in [-0.39, 0.29) is 5.91 Å². The minimum Gasteiger partial charge on any atom is -0.387 e. The molecule has 2 rings (SSSR count). The normalized spacial score (nSPS) is 22.1. The zero-order valence-corrected chi connectivity index (χ0v) is 10.6. The number of anilines is 1. The molecule has 1 aliphatic carbocycles. The van der Waals surface area contributed by atoms with Gasteiger partial charge in [-0.3, -0.25) is 4.79 Å². The van der Waals surface area contributed by atoms with Crippen LogP contribution in [0.25, 0.3) is 0 Å². The lowest BCUT2D eigenvalue weighted by Crippen LogP contribution is -2.29. The van der Waals surface area contributed by atoms with Crippen LogP contribution in [0.5, 0.6) is 0 Å². The first-order valence-corrected chi connectivity index (χ1v) is 6.01. The Morgan fingerprint density at radius 1 is 1.59 bits per heavy atom. The van der Waals surface area contributed by atoms with Crippen molar-refractivity contribution in [1.82, 2.24) is 9.88 Å². The van der Waals surface area contributed by atoms with Crippen LogP contribution in [-0.4, -0.2) is 36.4 Å². The summed E-state index contributed by atoms with van der Waals surface area (Å²) in [6.45, 7) is 3.07. The summed E-state index contributed by atoms with van der Waals surface area (Å²) in [6.07, 6.45) is 2.92. The van der Waals surface area contributed by atoms with Gasteiger partial charge in [0.25, 0.3) is 5.91 Å². The predicted octanol–water partition coefficient (Wildman–Crippen LogP) is 1.85. The number of amides is 1. The van der Waals surface area contributed by atoms with Gasteiger partial charge in [-0.15, -0.1) is 0 Å². The second kappa shape index (κ2) is 4.73. The highest BCUT2D eigenvalue weighted by Crippen LogP contribution is 2.38. The number of carbonyl (C=O) groups is 1. The highest BCUT2D eigenvalue weighted by Gasteiger charge is 2.34. The first kappa shape index (κ1) is 11.9. The first-order valence-electron chi connectivity index (χ1n) is 6.01. The van der Waals surface area contributed by atoms with Crippen molar-refractivity contribution in [3.8, 4) is 0 Å². The van der Waals surface area contributed by atoms with Crippen molar-refractivity contribution < 1.29 is 4.79 Å². The van der Waals surface area contributed by atoms with E-state index in [9.17, 15) is 4.79 Å². The average Bonchev–Trinajstić information content (AvgIpc) is 3.04. The van der Waals surface area contributed by atoms with E-state index < -0.39 is 0 Å². The monoisotopic (exact) mass is 233 g/mol. The number of hydrogen-bond acceptors (Lipinski definition) is 3. The number of aromatic nitrogens is 1. The van der Waals surface area contributed by atoms with Gasteiger partial charge < -0.3 is 10.2 Å². The minimum atomic E-state index is 0.00625. The molecule has 1 aromatic rings. The van der Waals surface area contributed by atoms with E-state index in [0.29, 0.717) is 11.6 Å². The van der Waals surface area contributed by atoms with Crippen LogP contribution < -0.4 is 5.32 Å². The molecular weight excluding hydrogens is 214 g/mol. The fraction of sp³-hybridized carbons (Fsp3) is 0.538. The lowest BCUT2D eigenvalue weighted by molar-refractivity contribution is 0.0781. The molecule has 1 N–H and O–H groups in total. The largest absolute Gasteiger partial charge is 0.387 e. The molecule has 1 saturated carbocycles. The minimum absolute atomic E-state index is 0.00625. The molecule has 0 aromatic carbocycles. The first-order chi connectivity index (χ1) is 8.11. The van der Waals surface area contributed by atoms with E-state index in [0.717, 1.165) is 18.2 Å². The second-order valence-corrected chi connectivity index (χ2v) is 4.84. The molecule has 4 heteroatoms. The zero-order chi connectivity index (χ0) is 12.4. The van der Waals surface area contributed by atoms with Gasteiger partial charge in [-0.1, -0.05) is 6.92 Å². The van der Waals surface area contributed by atoms with Gasteiger partial charge in [0.2, 0.25) is 0 Å². The van der Waals surface area contributed by atoms with Crippen LogP contribution in [0.15, 0.2) is 18.3 Å². The van der Waals surface area contributed by atoms with E-state index in [4.69, 9.17) is 0 Å². The number of carbonyl (C=O) groups excluding carboxylic acids is 1. The summed E-state index contributed by atoms with van der Waals surface area (Å²) in [5.41, 5.74) is 1.43. The molecule has 17 heavy (non-hydrogen) atoms. The van der Waals surface area contributed by atoms with Crippen molar-refractivity contribution in [1.29, 1.82) is 0 Å². The van der Waals surface area contributed by atoms with E-state index in [1.807, 2.05) is 20.2 Å². The molecule has 0 radical (unpaired) electrons. The fourth-order valence-electron chi connectivity index (χ4n) is 1.95. The van der Waals surface area contributed by atoms with E-state index in [1.54, 1.807) is 17.2 Å². The molecule has 92 valence electrons. The third-order valence-electron chi connectivity index (χ3n) is 3.40. The van der Waals surface area contributed by atoms with Crippen molar-refractivity contribution in [3.05, 3.63) is 24.0 Å². The smallest absolute Gasteiger partial charge is 0.272 e. The van der Waals surface area contributed by atoms with Gasteiger partial charge in [0.15, 0.2) is 0 Å². The summed E-state index contributed by atoms with van der Waals surface area (Å²) in [5, 5.41) is 2.98. The maximum absolute atomic E-state index is 12.1. The van der Waals surface area contributed by atoms with Crippen LogP contribution in [0.2, 0.25) is 0 Å². The van der Waals surface area contributed by atoms with Crippen LogP contribution in [0.3, 0.4) is 0 Å². The lowest BCUT2D eigenvalue weighted by Gasteiger charge is -2.16. The molecule has 0 spiro atoms. The van der Waals surface area contributed by atoms with Crippen LogP contribution >= 0.6 is 0 Å². The molecule has 2 atom stereocenters. The molecule has 0 bridgehead atoms.